The molecule has 0 atom stereocenters. The molecule has 1 aromatic rings. The van der Waals surface area contributed by atoms with E-state index in [0.29, 0.717) is 18.5 Å². The number of para-hydroxylation sites is 1. The molecule has 0 amide bonds. The van der Waals surface area contributed by atoms with Gasteiger partial charge in [0.25, 0.3) is 0 Å². The molecule has 0 radical (unpaired) electrons. The van der Waals surface area contributed by atoms with Gasteiger partial charge in [-0.1, -0.05) is 37.5 Å². The number of hydrogen-bond donors (Lipinski definition) is 1. The fraction of sp³-hybridized carbons (Fsp3) is 0.500. The molecule has 1 fully saturated rings. The van der Waals surface area contributed by atoms with Gasteiger partial charge in [0.15, 0.2) is 0 Å². The van der Waals surface area contributed by atoms with Crippen LogP contribution in [-0.4, -0.2) is 31.3 Å². The van der Waals surface area contributed by atoms with Crippen LogP contribution >= 0.6 is 0 Å². The molecule has 0 aliphatic heterocycles. The third kappa shape index (κ3) is 3.30. The zero-order valence-corrected chi connectivity index (χ0v) is 12.1. The Balaban J connectivity index is 2.32. The van der Waals surface area contributed by atoms with Crippen molar-refractivity contribution in [2.24, 2.45) is 0 Å². The molecule has 6 heteroatoms. The molecule has 5 nitrogen and oxygen atoms in total. The van der Waals surface area contributed by atoms with Crippen molar-refractivity contribution in [2.45, 2.75) is 37.4 Å². The average molecular weight is 297 g/mol. The van der Waals surface area contributed by atoms with Gasteiger partial charge in [-0.15, -0.1) is 0 Å². The Morgan fingerprint density at radius 2 is 1.75 bits per heavy atom. The summed E-state index contributed by atoms with van der Waals surface area (Å²) in [5, 5.41) is 8.54. The summed E-state index contributed by atoms with van der Waals surface area (Å²) in [7, 11) is -3.62. The van der Waals surface area contributed by atoms with Gasteiger partial charge in [-0.25, -0.2) is 8.42 Å². The normalized spacial score (nSPS) is 16.8. The maximum Gasteiger partial charge on any atom is 0.324 e. The number of carbonyl (C=O) groups is 1. The zero-order valence-electron chi connectivity index (χ0n) is 11.2. The van der Waals surface area contributed by atoms with Gasteiger partial charge in [0, 0.05) is 0 Å². The smallest absolute Gasteiger partial charge is 0.324 e. The van der Waals surface area contributed by atoms with Gasteiger partial charge >= 0.3 is 5.97 Å². The van der Waals surface area contributed by atoms with Crippen LogP contribution in [0.3, 0.4) is 0 Å². The number of benzene rings is 1. The Bertz CT molecular complexity index is 550. The third-order valence-corrected chi connectivity index (χ3v) is 5.87. The highest BCUT2D eigenvalue weighted by molar-refractivity contribution is 7.93. The highest BCUT2D eigenvalue weighted by Gasteiger charge is 2.34. The van der Waals surface area contributed by atoms with E-state index >= 15 is 0 Å². The summed E-state index contributed by atoms with van der Waals surface area (Å²) in [6.07, 6.45) is 4.06. The Labute approximate surface area is 119 Å². The lowest BCUT2D eigenvalue weighted by Crippen LogP contribution is -2.42. The predicted molar refractivity (Wildman–Crippen MR) is 77.2 cm³/mol. The number of anilines is 1. The number of carboxylic acid groups (broad SMARTS) is 1. The molecule has 1 N–H and O–H groups in total. The summed E-state index contributed by atoms with van der Waals surface area (Å²) >= 11 is 0. The van der Waals surface area contributed by atoms with Crippen molar-refractivity contribution in [3.63, 3.8) is 0 Å². The first-order valence-electron chi connectivity index (χ1n) is 6.80. The summed E-state index contributed by atoms with van der Waals surface area (Å²) in [6, 6.07) is 8.45. The first-order valence-corrected chi connectivity index (χ1v) is 8.30. The van der Waals surface area contributed by atoms with Crippen molar-refractivity contribution in [1.29, 1.82) is 0 Å². The summed E-state index contributed by atoms with van der Waals surface area (Å²) in [5.41, 5.74) is 0.417. The topological polar surface area (TPSA) is 74.7 Å². The number of hydrogen-bond acceptors (Lipinski definition) is 3. The van der Waals surface area contributed by atoms with Crippen molar-refractivity contribution in [2.75, 3.05) is 10.8 Å². The lowest BCUT2D eigenvalue weighted by Gasteiger charge is -2.30. The third-order valence-electron chi connectivity index (χ3n) is 3.60. The second-order valence-corrected chi connectivity index (χ2v) is 7.18. The van der Waals surface area contributed by atoms with E-state index in [1.807, 2.05) is 0 Å². The number of rotatable bonds is 5. The van der Waals surface area contributed by atoms with Gasteiger partial charge in [0.1, 0.15) is 6.54 Å². The molecule has 0 aromatic heterocycles. The fourth-order valence-corrected chi connectivity index (χ4v) is 4.58. The van der Waals surface area contributed by atoms with E-state index in [-0.39, 0.29) is 0 Å². The molecule has 1 saturated carbocycles. The molecule has 0 heterocycles. The standard InChI is InChI=1S/C14H19NO4S/c16-14(17)11-15(12-7-3-1-4-8-12)20(18,19)13-9-5-2-6-10-13/h1,3-4,7-8,13H,2,5-6,9-11H2,(H,16,17). The molecule has 20 heavy (non-hydrogen) atoms. The van der Waals surface area contributed by atoms with Crippen molar-refractivity contribution in [3.8, 4) is 0 Å². The fourth-order valence-electron chi connectivity index (χ4n) is 2.59. The second-order valence-electron chi connectivity index (χ2n) is 5.04. The van der Waals surface area contributed by atoms with Gasteiger partial charge in [-0.05, 0) is 25.0 Å². The molecule has 110 valence electrons. The summed E-state index contributed by atoms with van der Waals surface area (Å²) < 4.78 is 26.4. The summed E-state index contributed by atoms with van der Waals surface area (Å²) in [4.78, 5) is 11.0. The van der Waals surface area contributed by atoms with Crippen LogP contribution in [0.25, 0.3) is 0 Å². The van der Waals surface area contributed by atoms with Crippen LogP contribution in [-0.2, 0) is 14.8 Å². The molecule has 1 aromatic carbocycles. The Morgan fingerprint density at radius 3 is 2.30 bits per heavy atom. The molecular weight excluding hydrogens is 278 g/mol. The van der Waals surface area contributed by atoms with Crippen LogP contribution < -0.4 is 4.31 Å². The van der Waals surface area contributed by atoms with E-state index in [2.05, 4.69) is 0 Å². The van der Waals surface area contributed by atoms with Gasteiger partial charge in [-0.2, -0.15) is 0 Å². The van der Waals surface area contributed by atoms with Crippen LogP contribution in [0.15, 0.2) is 30.3 Å². The minimum atomic E-state index is -3.62. The van der Waals surface area contributed by atoms with Crippen LogP contribution in [0.5, 0.6) is 0 Å². The van der Waals surface area contributed by atoms with Crippen LogP contribution in [0.2, 0.25) is 0 Å². The minimum absolute atomic E-state index is 0.417. The van der Waals surface area contributed by atoms with Gasteiger partial charge in [0.05, 0.1) is 10.9 Å². The highest BCUT2D eigenvalue weighted by atomic mass is 32.2. The molecular formula is C14H19NO4S. The zero-order chi connectivity index (χ0) is 14.6. The summed E-state index contributed by atoms with van der Waals surface area (Å²) in [6.45, 7) is -0.525. The SMILES string of the molecule is O=C(O)CN(c1ccccc1)S(=O)(=O)C1CCCCC1. The summed E-state index contributed by atoms with van der Waals surface area (Å²) in [5.74, 6) is -1.15. The molecule has 0 unspecified atom stereocenters. The van der Waals surface area contributed by atoms with Crippen molar-refractivity contribution < 1.29 is 18.3 Å². The van der Waals surface area contributed by atoms with Gasteiger partial charge < -0.3 is 5.11 Å². The maximum atomic E-state index is 12.7. The van der Waals surface area contributed by atoms with Crippen LogP contribution in [0.1, 0.15) is 32.1 Å². The molecule has 0 spiro atoms. The van der Waals surface area contributed by atoms with Crippen molar-refractivity contribution >= 4 is 21.7 Å². The van der Waals surface area contributed by atoms with Gasteiger partial charge in [-0.3, -0.25) is 9.10 Å². The largest absolute Gasteiger partial charge is 0.480 e. The average Bonchev–Trinajstić information content (AvgIpc) is 2.46. The van der Waals surface area contributed by atoms with Crippen molar-refractivity contribution in [1.82, 2.24) is 0 Å². The Hall–Kier alpha value is -1.56. The van der Waals surface area contributed by atoms with E-state index in [1.54, 1.807) is 30.3 Å². The quantitative estimate of drug-likeness (QED) is 0.904. The minimum Gasteiger partial charge on any atom is -0.480 e. The molecule has 1 aliphatic rings. The monoisotopic (exact) mass is 297 g/mol. The lowest BCUT2D eigenvalue weighted by molar-refractivity contribution is -0.135. The van der Waals surface area contributed by atoms with Crippen LogP contribution in [0.4, 0.5) is 5.69 Å². The molecule has 1 aliphatic carbocycles. The number of nitrogens with zero attached hydrogens (tertiary/aromatic N) is 1. The first-order chi connectivity index (χ1) is 9.51. The van der Waals surface area contributed by atoms with E-state index in [1.165, 1.54) is 0 Å². The molecule has 0 saturated heterocycles. The Morgan fingerprint density at radius 1 is 1.15 bits per heavy atom. The maximum absolute atomic E-state index is 12.7. The van der Waals surface area contributed by atoms with E-state index in [9.17, 15) is 13.2 Å². The van der Waals surface area contributed by atoms with Gasteiger partial charge in [0.2, 0.25) is 10.0 Å². The Kier molecular flexibility index (Phi) is 4.65. The lowest BCUT2D eigenvalue weighted by atomic mass is 10.0. The first kappa shape index (κ1) is 14.8. The van der Waals surface area contributed by atoms with E-state index in [0.717, 1.165) is 23.6 Å². The number of carboxylic acids is 1. The molecule has 0 bridgehead atoms. The van der Waals surface area contributed by atoms with E-state index in [4.69, 9.17) is 5.11 Å². The van der Waals surface area contributed by atoms with Crippen LogP contribution in [0, 0.1) is 0 Å². The second kappa shape index (κ2) is 6.26. The van der Waals surface area contributed by atoms with Crippen molar-refractivity contribution in [3.05, 3.63) is 30.3 Å². The number of sulfonamides is 1. The molecule has 2 rings (SSSR count). The highest BCUT2D eigenvalue weighted by Crippen LogP contribution is 2.29. The number of aliphatic carboxylic acids is 1. The van der Waals surface area contributed by atoms with E-state index < -0.39 is 27.8 Å². The predicted octanol–water partition coefficient (Wildman–Crippen LogP) is 2.24.